The number of nitrogens with zero attached hydrogens (tertiary/aromatic N) is 1. The lowest BCUT2D eigenvalue weighted by Gasteiger charge is -2.31. The molecule has 1 atom stereocenters. The van der Waals surface area contributed by atoms with E-state index in [0.717, 1.165) is 17.5 Å². The van der Waals surface area contributed by atoms with Gasteiger partial charge in [-0.25, -0.2) is 22.0 Å². The Kier molecular flexibility index (Phi) is 7.84. The predicted octanol–water partition coefficient (Wildman–Crippen LogP) is 5.75. The average molecular weight is 494 g/mol. The quantitative estimate of drug-likeness (QED) is 0.375. The van der Waals surface area contributed by atoms with Crippen LogP contribution < -0.4 is 0 Å². The molecule has 5 nitrogen and oxygen atoms in total. The molecular weight excluding hydrogens is 472 g/mol. The second-order valence-corrected chi connectivity index (χ2v) is 9.56. The molecule has 0 aliphatic rings. The van der Waals surface area contributed by atoms with Gasteiger partial charge in [-0.15, -0.1) is 0 Å². The number of methoxy groups -OCH3 is 1. The largest absolute Gasteiger partial charge is 0.465 e. The molecule has 33 heavy (non-hydrogen) atoms. The Morgan fingerprint density at radius 1 is 1.00 bits per heavy atom. The predicted molar refractivity (Wildman–Crippen MR) is 121 cm³/mol. The van der Waals surface area contributed by atoms with Crippen LogP contribution in [0.3, 0.4) is 0 Å². The molecule has 9 heteroatoms. The minimum Gasteiger partial charge on any atom is -0.465 e. The standard InChI is InChI=1S/C24H22ClF2NO4S/c1-3-21(16-7-5-4-6-8-16)28(33(30,31)19-12-10-18(25)11-13-19)15-17-9-14-20(24(29)32-2)23(27)22(17)26/h4-14,21H,3,15H2,1-2H3/t21-/m0/s1. The smallest absolute Gasteiger partial charge is 0.340 e. The van der Waals surface area contributed by atoms with Gasteiger partial charge in [0.05, 0.1) is 23.6 Å². The first-order chi connectivity index (χ1) is 15.7. The molecule has 0 saturated heterocycles. The van der Waals surface area contributed by atoms with E-state index in [1.54, 1.807) is 37.3 Å². The van der Waals surface area contributed by atoms with Gasteiger partial charge in [0.2, 0.25) is 10.0 Å². The van der Waals surface area contributed by atoms with Gasteiger partial charge in [-0.1, -0.05) is 54.9 Å². The number of hydrogen-bond acceptors (Lipinski definition) is 4. The van der Waals surface area contributed by atoms with Gasteiger partial charge in [-0.2, -0.15) is 4.31 Å². The van der Waals surface area contributed by atoms with Gasteiger partial charge in [0.15, 0.2) is 11.6 Å². The lowest BCUT2D eigenvalue weighted by Crippen LogP contribution is -2.35. The fourth-order valence-electron chi connectivity index (χ4n) is 3.53. The van der Waals surface area contributed by atoms with Gasteiger partial charge in [-0.05, 0) is 42.3 Å². The monoisotopic (exact) mass is 493 g/mol. The number of esters is 1. The normalized spacial score (nSPS) is 12.5. The Morgan fingerprint density at radius 2 is 1.64 bits per heavy atom. The molecule has 0 spiro atoms. The average Bonchev–Trinajstić information content (AvgIpc) is 2.82. The van der Waals surface area contributed by atoms with E-state index in [1.807, 2.05) is 0 Å². The number of ether oxygens (including phenoxy) is 1. The van der Waals surface area contributed by atoms with Crippen molar-refractivity contribution in [1.82, 2.24) is 4.31 Å². The van der Waals surface area contributed by atoms with E-state index < -0.39 is 45.8 Å². The number of sulfonamides is 1. The van der Waals surface area contributed by atoms with Crippen LogP contribution in [0.25, 0.3) is 0 Å². The van der Waals surface area contributed by atoms with E-state index in [4.69, 9.17) is 11.6 Å². The van der Waals surface area contributed by atoms with Crippen molar-refractivity contribution in [2.24, 2.45) is 0 Å². The van der Waals surface area contributed by atoms with Gasteiger partial charge in [0.1, 0.15) is 0 Å². The first-order valence-electron chi connectivity index (χ1n) is 10.1. The molecular formula is C24H22ClF2NO4S. The van der Waals surface area contributed by atoms with Crippen molar-refractivity contribution in [1.29, 1.82) is 0 Å². The van der Waals surface area contributed by atoms with E-state index in [1.165, 1.54) is 30.3 Å². The second-order valence-electron chi connectivity index (χ2n) is 7.23. The molecule has 174 valence electrons. The molecule has 0 N–H and O–H groups in total. The van der Waals surface area contributed by atoms with Crippen molar-refractivity contribution in [2.75, 3.05) is 7.11 Å². The highest BCUT2D eigenvalue weighted by molar-refractivity contribution is 7.89. The van der Waals surface area contributed by atoms with Crippen LogP contribution in [0.1, 0.15) is 40.9 Å². The number of halogens is 3. The van der Waals surface area contributed by atoms with Crippen LogP contribution in [-0.4, -0.2) is 25.8 Å². The van der Waals surface area contributed by atoms with Crippen molar-refractivity contribution >= 4 is 27.6 Å². The topological polar surface area (TPSA) is 63.7 Å². The van der Waals surface area contributed by atoms with E-state index in [9.17, 15) is 22.0 Å². The Morgan fingerprint density at radius 3 is 2.21 bits per heavy atom. The fraction of sp³-hybridized carbons (Fsp3) is 0.208. The zero-order chi connectivity index (χ0) is 24.2. The number of carbonyl (C=O) groups is 1. The summed E-state index contributed by atoms with van der Waals surface area (Å²) in [4.78, 5) is 11.7. The third-order valence-electron chi connectivity index (χ3n) is 5.23. The first-order valence-corrected chi connectivity index (χ1v) is 11.9. The summed E-state index contributed by atoms with van der Waals surface area (Å²) in [6, 6.07) is 16.1. The summed E-state index contributed by atoms with van der Waals surface area (Å²) in [6.07, 6.45) is 0.376. The Balaban J connectivity index is 2.13. The maximum Gasteiger partial charge on any atom is 0.340 e. The summed E-state index contributed by atoms with van der Waals surface area (Å²) in [6.45, 7) is 1.35. The minimum atomic E-state index is -4.14. The zero-order valence-electron chi connectivity index (χ0n) is 18.0. The van der Waals surface area contributed by atoms with Crippen LogP contribution in [0.2, 0.25) is 5.02 Å². The SMILES string of the molecule is CC[C@@H](c1ccccc1)N(Cc1ccc(C(=O)OC)c(F)c1F)S(=O)(=O)c1ccc(Cl)cc1. The Hall–Kier alpha value is -2.81. The van der Waals surface area contributed by atoms with Gasteiger partial charge >= 0.3 is 5.97 Å². The molecule has 0 aliphatic heterocycles. The molecule has 0 aliphatic carbocycles. The molecule has 3 rings (SSSR count). The van der Waals surface area contributed by atoms with Crippen molar-refractivity contribution < 1.29 is 26.7 Å². The maximum absolute atomic E-state index is 14.9. The lowest BCUT2D eigenvalue weighted by atomic mass is 10.0. The third kappa shape index (κ3) is 5.24. The van der Waals surface area contributed by atoms with Crippen LogP contribution in [-0.2, 0) is 21.3 Å². The summed E-state index contributed by atoms with van der Waals surface area (Å²) < 4.78 is 62.3. The summed E-state index contributed by atoms with van der Waals surface area (Å²) >= 11 is 5.91. The van der Waals surface area contributed by atoms with Crippen molar-refractivity contribution in [3.8, 4) is 0 Å². The number of carbonyl (C=O) groups excluding carboxylic acids is 1. The fourth-order valence-corrected chi connectivity index (χ4v) is 5.32. The van der Waals surface area contributed by atoms with E-state index in [-0.39, 0.29) is 10.5 Å². The molecule has 0 bridgehead atoms. The highest BCUT2D eigenvalue weighted by Crippen LogP contribution is 2.33. The van der Waals surface area contributed by atoms with Crippen molar-refractivity contribution in [2.45, 2.75) is 30.8 Å². The van der Waals surface area contributed by atoms with E-state index >= 15 is 0 Å². The second kappa shape index (κ2) is 10.4. The Bertz CT molecular complexity index is 1240. The van der Waals surface area contributed by atoms with Crippen molar-refractivity contribution in [3.63, 3.8) is 0 Å². The van der Waals surface area contributed by atoms with Crippen LogP contribution in [0.4, 0.5) is 8.78 Å². The van der Waals surface area contributed by atoms with Crippen LogP contribution in [0.15, 0.2) is 71.6 Å². The highest BCUT2D eigenvalue weighted by Gasteiger charge is 2.33. The summed E-state index contributed by atoms with van der Waals surface area (Å²) in [5.74, 6) is -3.73. The van der Waals surface area contributed by atoms with Crippen LogP contribution >= 0.6 is 11.6 Å². The molecule has 0 fully saturated rings. The maximum atomic E-state index is 14.9. The molecule has 0 unspecified atom stereocenters. The molecule has 0 aromatic heterocycles. The number of hydrogen-bond donors (Lipinski definition) is 0. The van der Waals surface area contributed by atoms with E-state index in [0.29, 0.717) is 17.0 Å². The summed E-state index contributed by atoms with van der Waals surface area (Å²) in [5, 5.41) is 0.363. The number of benzene rings is 3. The molecule has 3 aromatic rings. The molecule has 0 heterocycles. The number of rotatable bonds is 8. The molecule has 0 saturated carbocycles. The third-order valence-corrected chi connectivity index (χ3v) is 7.35. The van der Waals surface area contributed by atoms with Crippen molar-refractivity contribution in [3.05, 3.63) is 100 Å². The zero-order valence-corrected chi connectivity index (χ0v) is 19.5. The lowest BCUT2D eigenvalue weighted by molar-refractivity contribution is 0.0594. The molecule has 0 radical (unpaired) electrons. The summed E-state index contributed by atoms with van der Waals surface area (Å²) in [5.41, 5.74) is -0.0855. The van der Waals surface area contributed by atoms with Gasteiger partial charge in [0, 0.05) is 17.1 Å². The molecule has 0 amide bonds. The minimum absolute atomic E-state index is 0.0339. The van der Waals surface area contributed by atoms with Gasteiger partial charge in [-0.3, -0.25) is 0 Å². The van der Waals surface area contributed by atoms with Gasteiger partial charge < -0.3 is 4.74 Å². The Labute approximate surface area is 196 Å². The van der Waals surface area contributed by atoms with E-state index in [2.05, 4.69) is 4.74 Å². The van der Waals surface area contributed by atoms with Crippen LogP contribution in [0.5, 0.6) is 0 Å². The molecule has 3 aromatic carbocycles. The summed E-state index contributed by atoms with van der Waals surface area (Å²) in [7, 11) is -3.09. The van der Waals surface area contributed by atoms with Crippen LogP contribution in [0, 0.1) is 11.6 Å². The highest BCUT2D eigenvalue weighted by atomic mass is 35.5. The van der Waals surface area contributed by atoms with Gasteiger partial charge in [0.25, 0.3) is 0 Å². The first kappa shape index (κ1) is 24.8.